The van der Waals surface area contributed by atoms with Gasteiger partial charge in [0.25, 0.3) is 0 Å². The van der Waals surface area contributed by atoms with Crippen molar-refractivity contribution in [3.63, 3.8) is 0 Å². The van der Waals surface area contributed by atoms with Gasteiger partial charge in [-0.15, -0.1) is 22.9 Å². The van der Waals surface area contributed by atoms with Gasteiger partial charge in [-0.1, -0.05) is 5.16 Å². The number of carboxylic acids is 1. The third-order valence-electron chi connectivity index (χ3n) is 1.90. The second-order valence-electron chi connectivity index (χ2n) is 3.21. The number of hydrogen-bond donors (Lipinski definition) is 2. The first kappa shape index (κ1) is 11.2. The second kappa shape index (κ2) is 4.26. The van der Waals surface area contributed by atoms with Crippen LogP contribution in [-0.2, 0) is 9.63 Å². The lowest BCUT2D eigenvalue weighted by Crippen LogP contribution is -2.16. The van der Waals surface area contributed by atoms with Crippen molar-refractivity contribution in [2.75, 3.05) is 5.73 Å². The summed E-state index contributed by atoms with van der Waals surface area (Å²) in [6.45, 7) is 0. The predicted octanol–water partition coefficient (Wildman–Crippen LogP) is 0.910. The molecule has 86 valence electrons. The Labute approximate surface area is 99.7 Å². The molecule has 0 bridgehead atoms. The van der Waals surface area contributed by atoms with Crippen LogP contribution in [0.4, 0.5) is 5.13 Å². The average molecular weight is 262 g/mol. The van der Waals surface area contributed by atoms with Crippen LogP contribution in [0.3, 0.4) is 0 Å². The minimum absolute atomic E-state index is 0.0840. The Kier molecular flexibility index (Phi) is 2.97. The Bertz CT molecular complexity index is 447. The molecule has 1 aromatic rings. The minimum atomic E-state index is -1.21. The van der Waals surface area contributed by atoms with E-state index in [2.05, 4.69) is 10.1 Å². The third-order valence-corrected chi connectivity index (χ3v) is 3.04. The summed E-state index contributed by atoms with van der Waals surface area (Å²) in [6, 6.07) is 0. The molecule has 1 aromatic heterocycles. The Hall–Kier alpha value is -1.34. The molecule has 0 spiro atoms. The predicted molar refractivity (Wildman–Crippen MR) is 59.8 cm³/mol. The van der Waals surface area contributed by atoms with E-state index >= 15 is 0 Å². The zero-order valence-corrected chi connectivity index (χ0v) is 9.53. The van der Waals surface area contributed by atoms with Gasteiger partial charge in [-0.2, -0.15) is 0 Å². The van der Waals surface area contributed by atoms with E-state index in [9.17, 15) is 4.79 Å². The highest BCUT2D eigenvalue weighted by atomic mass is 35.5. The molecule has 3 N–H and O–H groups in total. The van der Waals surface area contributed by atoms with Crippen molar-refractivity contribution in [1.82, 2.24) is 4.98 Å². The van der Waals surface area contributed by atoms with E-state index in [1.54, 1.807) is 0 Å². The molecule has 8 heteroatoms. The summed E-state index contributed by atoms with van der Waals surface area (Å²) in [4.78, 5) is 19.7. The molecule has 6 nitrogen and oxygen atoms in total. The summed E-state index contributed by atoms with van der Waals surface area (Å²) in [5, 5.41) is 14.2. The number of thiazole rings is 1. The number of carboxylic acid groups (broad SMARTS) is 1. The lowest BCUT2D eigenvalue weighted by molar-refractivity contribution is -0.129. The Balaban J connectivity index is 2.13. The number of anilines is 1. The molecule has 1 aliphatic rings. The first-order valence-corrected chi connectivity index (χ1v) is 5.72. The fourth-order valence-corrected chi connectivity index (χ4v) is 1.73. The molecule has 0 aliphatic heterocycles. The maximum Gasteiger partial charge on any atom is 0.360 e. The van der Waals surface area contributed by atoms with E-state index in [-0.39, 0.29) is 28.0 Å². The van der Waals surface area contributed by atoms with Gasteiger partial charge in [0.05, 0.1) is 5.38 Å². The summed E-state index contributed by atoms with van der Waals surface area (Å²) >= 11 is 6.83. The Morgan fingerprint density at radius 3 is 2.94 bits per heavy atom. The second-order valence-corrected chi connectivity index (χ2v) is 4.66. The van der Waals surface area contributed by atoms with Crippen LogP contribution in [0.5, 0.6) is 0 Å². The van der Waals surface area contributed by atoms with Gasteiger partial charge in [-0.25, -0.2) is 9.78 Å². The molecule has 2 rings (SSSR count). The van der Waals surface area contributed by atoms with Crippen molar-refractivity contribution in [3.8, 4) is 0 Å². The summed E-state index contributed by atoms with van der Waals surface area (Å²) < 4.78 is 0. The zero-order chi connectivity index (χ0) is 11.7. The fourth-order valence-electron chi connectivity index (χ4n) is 0.965. The topological polar surface area (TPSA) is 97.8 Å². The highest BCUT2D eigenvalue weighted by Gasteiger charge is 2.38. The van der Waals surface area contributed by atoms with Gasteiger partial charge in [-0.3, -0.25) is 0 Å². The van der Waals surface area contributed by atoms with E-state index in [4.69, 9.17) is 27.3 Å². The van der Waals surface area contributed by atoms with E-state index in [0.717, 1.165) is 11.3 Å². The van der Waals surface area contributed by atoms with Crippen molar-refractivity contribution in [2.45, 2.75) is 17.9 Å². The standard InChI is InChI=1S/C8H8ClN3O3S/c9-3-1-5(3)15-12-6(7(13)14)4-2-16-8(10)11-4/h2-3,5H,1H2,(H2,10,11)(H,13,14)/b12-6+. The lowest BCUT2D eigenvalue weighted by Gasteiger charge is -1.98. The molecule has 16 heavy (non-hydrogen) atoms. The molecule has 0 amide bonds. The maximum absolute atomic E-state index is 10.9. The minimum Gasteiger partial charge on any atom is -0.476 e. The van der Waals surface area contributed by atoms with Crippen molar-refractivity contribution in [1.29, 1.82) is 0 Å². The van der Waals surface area contributed by atoms with Crippen LogP contribution in [0, 0.1) is 0 Å². The Morgan fingerprint density at radius 2 is 2.50 bits per heavy atom. The van der Waals surface area contributed by atoms with Gasteiger partial charge in [0.2, 0.25) is 5.71 Å². The van der Waals surface area contributed by atoms with Crippen LogP contribution in [0.25, 0.3) is 0 Å². The highest BCUT2D eigenvalue weighted by Crippen LogP contribution is 2.31. The maximum atomic E-state index is 10.9. The van der Waals surface area contributed by atoms with E-state index in [0.29, 0.717) is 6.42 Å². The number of aromatic nitrogens is 1. The van der Waals surface area contributed by atoms with E-state index < -0.39 is 5.97 Å². The van der Waals surface area contributed by atoms with Gasteiger partial charge in [-0.05, 0) is 0 Å². The van der Waals surface area contributed by atoms with Crippen LogP contribution in [0.15, 0.2) is 10.5 Å². The van der Waals surface area contributed by atoms with Gasteiger partial charge in [0, 0.05) is 11.8 Å². The van der Waals surface area contributed by atoms with Gasteiger partial charge < -0.3 is 15.7 Å². The normalized spacial score (nSPS) is 24.2. The number of halogens is 1. The summed E-state index contributed by atoms with van der Waals surface area (Å²) in [7, 11) is 0. The van der Waals surface area contributed by atoms with E-state index in [1.165, 1.54) is 5.38 Å². The molecule has 0 aromatic carbocycles. The van der Waals surface area contributed by atoms with Crippen LogP contribution in [-0.4, -0.2) is 33.3 Å². The van der Waals surface area contributed by atoms with Gasteiger partial charge in [0.1, 0.15) is 11.8 Å². The van der Waals surface area contributed by atoms with Crippen molar-refractivity contribution >= 4 is 39.8 Å². The third kappa shape index (κ3) is 2.42. The van der Waals surface area contributed by atoms with Crippen LogP contribution < -0.4 is 5.73 Å². The summed E-state index contributed by atoms with van der Waals surface area (Å²) in [6.07, 6.45) is 0.476. The smallest absolute Gasteiger partial charge is 0.360 e. The number of alkyl halides is 1. The number of nitrogen functional groups attached to an aromatic ring is 1. The van der Waals surface area contributed by atoms with Crippen LogP contribution in [0.1, 0.15) is 12.1 Å². The van der Waals surface area contributed by atoms with Crippen molar-refractivity contribution in [3.05, 3.63) is 11.1 Å². The zero-order valence-electron chi connectivity index (χ0n) is 7.96. The van der Waals surface area contributed by atoms with Crippen LogP contribution >= 0.6 is 22.9 Å². The largest absolute Gasteiger partial charge is 0.476 e. The molecule has 1 saturated carbocycles. The summed E-state index contributed by atoms with van der Waals surface area (Å²) in [5.74, 6) is -1.21. The number of aliphatic carboxylic acids is 1. The molecule has 0 radical (unpaired) electrons. The number of hydrogen-bond acceptors (Lipinski definition) is 6. The molecule has 1 heterocycles. The SMILES string of the molecule is Nc1nc(/C(=N\OC2CC2Cl)C(=O)O)cs1. The lowest BCUT2D eigenvalue weighted by atomic mass is 10.3. The molecule has 1 fully saturated rings. The average Bonchev–Trinajstić information content (AvgIpc) is 2.72. The number of rotatable bonds is 4. The number of carbonyl (C=O) groups is 1. The quantitative estimate of drug-likeness (QED) is 0.477. The molecule has 2 unspecified atom stereocenters. The number of nitrogens with two attached hydrogens (primary N) is 1. The molecular weight excluding hydrogens is 254 g/mol. The summed E-state index contributed by atoms with van der Waals surface area (Å²) in [5.41, 5.74) is 5.34. The molecule has 1 aliphatic carbocycles. The number of nitrogens with zero attached hydrogens (tertiary/aromatic N) is 2. The fraction of sp³-hybridized carbons (Fsp3) is 0.375. The molecular formula is C8H8ClN3O3S. The van der Waals surface area contributed by atoms with E-state index in [1.807, 2.05) is 0 Å². The monoisotopic (exact) mass is 261 g/mol. The van der Waals surface area contributed by atoms with Gasteiger partial charge in [0.15, 0.2) is 5.13 Å². The molecule has 2 atom stereocenters. The van der Waals surface area contributed by atoms with Gasteiger partial charge >= 0.3 is 5.97 Å². The highest BCUT2D eigenvalue weighted by molar-refractivity contribution is 7.13. The first-order chi connectivity index (χ1) is 7.58. The van der Waals surface area contributed by atoms with Crippen LogP contribution in [0.2, 0.25) is 0 Å². The Morgan fingerprint density at radius 1 is 1.81 bits per heavy atom. The first-order valence-electron chi connectivity index (χ1n) is 4.40. The number of oxime groups is 1. The van der Waals surface area contributed by atoms with Crippen molar-refractivity contribution < 1.29 is 14.7 Å². The molecule has 0 saturated heterocycles. The van der Waals surface area contributed by atoms with Crippen molar-refractivity contribution in [2.24, 2.45) is 5.16 Å².